The molecule has 0 bridgehead atoms. The average Bonchev–Trinajstić information content (AvgIpc) is 2.56. The molecule has 0 aromatic carbocycles. The molecule has 1 aromatic rings. The fraction of sp³-hybridized carbons (Fsp3) is 0.800. The highest BCUT2D eigenvalue weighted by molar-refractivity contribution is 5.21. The Labute approximate surface area is 89.8 Å². The van der Waals surface area contributed by atoms with Gasteiger partial charge >= 0.3 is 6.01 Å². The molecule has 0 aliphatic carbocycles. The summed E-state index contributed by atoms with van der Waals surface area (Å²) in [5.74, 6) is 1.29. The van der Waals surface area contributed by atoms with E-state index in [1.54, 1.807) is 0 Å². The molecular weight excluding hydrogens is 192 g/mol. The van der Waals surface area contributed by atoms with E-state index in [1.165, 1.54) is 0 Å². The number of aryl methyl sites for hydroxylation is 1. The Morgan fingerprint density at radius 3 is 2.93 bits per heavy atom. The van der Waals surface area contributed by atoms with Crippen LogP contribution in [-0.2, 0) is 0 Å². The molecule has 0 spiro atoms. The Morgan fingerprint density at radius 2 is 2.33 bits per heavy atom. The number of likely N-dealkylation sites (tertiary alicyclic amines) is 1. The van der Waals surface area contributed by atoms with E-state index in [2.05, 4.69) is 34.3 Å². The van der Waals surface area contributed by atoms with Gasteiger partial charge in [0.2, 0.25) is 0 Å². The SMILES string of the molecule is Cc1noc(NC2CCN(C)CC2C)n1. The van der Waals surface area contributed by atoms with Gasteiger partial charge in [-0.2, -0.15) is 4.98 Å². The van der Waals surface area contributed by atoms with Crippen molar-refractivity contribution in [3.63, 3.8) is 0 Å². The predicted molar refractivity (Wildman–Crippen MR) is 57.7 cm³/mol. The van der Waals surface area contributed by atoms with Crippen molar-refractivity contribution in [2.45, 2.75) is 26.3 Å². The lowest BCUT2D eigenvalue weighted by atomic mass is 9.94. The summed E-state index contributed by atoms with van der Waals surface area (Å²) in [6.07, 6.45) is 1.12. The largest absolute Gasteiger partial charge is 0.335 e. The Balaban J connectivity index is 1.94. The maximum Gasteiger partial charge on any atom is 0.321 e. The molecule has 1 aliphatic heterocycles. The van der Waals surface area contributed by atoms with Gasteiger partial charge in [-0.15, -0.1) is 0 Å². The number of anilines is 1. The molecule has 5 nitrogen and oxygen atoms in total. The van der Waals surface area contributed by atoms with Crippen LogP contribution in [0.25, 0.3) is 0 Å². The van der Waals surface area contributed by atoms with E-state index < -0.39 is 0 Å². The first kappa shape index (κ1) is 10.4. The molecular formula is C10H18N4O. The van der Waals surface area contributed by atoms with Crippen molar-refractivity contribution in [3.05, 3.63) is 5.82 Å². The lowest BCUT2D eigenvalue weighted by Crippen LogP contribution is -2.43. The molecule has 2 rings (SSSR count). The van der Waals surface area contributed by atoms with Crippen LogP contribution in [0.15, 0.2) is 4.52 Å². The van der Waals surface area contributed by atoms with Gasteiger partial charge in [0.15, 0.2) is 5.82 Å². The number of rotatable bonds is 2. The summed E-state index contributed by atoms with van der Waals surface area (Å²) >= 11 is 0. The topological polar surface area (TPSA) is 54.2 Å². The van der Waals surface area contributed by atoms with Crippen LogP contribution in [0.3, 0.4) is 0 Å². The van der Waals surface area contributed by atoms with Crippen LogP contribution < -0.4 is 5.32 Å². The number of nitrogens with one attached hydrogen (secondary N) is 1. The van der Waals surface area contributed by atoms with E-state index in [-0.39, 0.29) is 0 Å². The number of aromatic nitrogens is 2. The van der Waals surface area contributed by atoms with Crippen molar-refractivity contribution in [2.75, 3.05) is 25.5 Å². The minimum absolute atomic E-state index is 0.445. The van der Waals surface area contributed by atoms with Gasteiger partial charge in [-0.25, -0.2) is 0 Å². The van der Waals surface area contributed by atoms with Gasteiger partial charge in [0.25, 0.3) is 0 Å². The van der Waals surface area contributed by atoms with Gasteiger partial charge in [-0.05, 0) is 32.9 Å². The zero-order valence-corrected chi connectivity index (χ0v) is 9.53. The molecule has 2 unspecified atom stereocenters. The summed E-state index contributed by atoms with van der Waals surface area (Å²) < 4.78 is 5.06. The van der Waals surface area contributed by atoms with E-state index in [9.17, 15) is 0 Å². The van der Waals surface area contributed by atoms with Crippen molar-refractivity contribution in [3.8, 4) is 0 Å². The smallest absolute Gasteiger partial charge is 0.321 e. The summed E-state index contributed by atoms with van der Waals surface area (Å²) in [6.45, 7) is 6.31. The first-order chi connectivity index (χ1) is 7.15. The molecule has 0 saturated carbocycles. The summed E-state index contributed by atoms with van der Waals surface area (Å²) in [6, 6.07) is 0.995. The van der Waals surface area contributed by atoms with Gasteiger partial charge in [-0.1, -0.05) is 12.1 Å². The van der Waals surface area contributed by atoms with E-state index in [4.69, 9.17) is 4.52 Å². The van der Waals surface area contributed by atoms with Crippen LogP contribution in [0.1, 0.15) is 19.2 Å². The second-order valence-corrected chi connectivity index (χ2v) is 4.43. The van der Waals surface area contributed by atoms with Crippen LogP contribution in [0.2, 0.25) is 0 Å². The molecule has 5 heteroatoms. The third-order valence-corrected chi connectivity index (χ3v) is 2.94. The normalized spacial score (nSPS) is 27.9. The van der Waals surface area contributed by atoms with Crippen LogP contribution in [0, 0.1) is 12.8 Å². The zero-order chi connectivity index (χ0) is 10.8. The van der Waals surface area contributed by atoms with Crippen molar-refractivity contribution < 1.29 is 4.52 Å². The molecule has 0 radical (unpaired) electrons. The highest BCUT2D eigenvalue weighted by Crippen LogP contribution is 2.19. The van der Waals surface area contributed by atoms with Crippen LogP contribution in [0.4, 0.5) is 6.01 Å². The molecule has 84 valence electrons. The van der Waals surface area contributed by atoms with Crippen LogP contribution >= 0.6 is 0 Å². The lowest BCUT2D eigenvalue weighted by Gasteiger charge is -2.34. The highest BCUT2D eigenvalue weighted by Gasteiger charge is 2.25. The maximum absolute atomic E-state index is 5.06. The second kappa shape index (κ2) is 4.18. The molecule has 1 aliphatic rings. The highest BCUT2D eigenvalue weighted by atomic mass is 16.5. The molecule has 1 fully saturated rings. The Morgan fingerprint density at radius 1 is 1.53 bits per heavy atom. The zero-order valence-electron chi connectivity index (χ0n) is 9.53. The first-order valence-electron chi connectivity index (χ1n) is 5.40. The molecule has 1 N–H and O–H groups in total. The van der Waals surface area contributed by atoms with Gasteiger partial charge in [0.1, 0.15) is 0 Å². The van der Waals surface area contributed by atoms with E-state index in [1.807, 2.05) is 6.92 Å². The molecule has 1 saturated heterocycles. The number of nitrogens with zero attached hydrogens (tertiary/aromatic N) is 3. The second-order valence-electron chi connectivity index (χ2n) is 4.43. The van der Waals surface area contributed by atoms with Gasteiger partial charge in [-0.3, -0.25) is 0 Å². The summed E-state index contributed by atoms with van der Waals surface area (Å²) in [5.41, 5.74) is 0. The lowest BCUT2D eigenvalue weighted by molar-refractivity contribution is 0.204. The van der Waals surface area contributed by atoms with Crippen molar-refractivity contribution in [1.82, 2.24) is 15.0 Å². The van der Waals surface area contributed by atoms with Crippen molar-refractivity contribution in [1.29, 1.82) is 0 Å². The third-order valence-electron chi connectivity index (χ3n) is 2.94. The Hall–Kier alpha value is -1.10. The van der Waals surface area contributed by atoms with Crippen LogP contribution in [-0.4, -0.2) is 41.2 Å². The minimum Gasteiger partial charge on any atom is -0.335 e. The van der Waals surface area contributed by atoms with E-state index >= 15 is 0 Å². The molecule has 2 heterocycles. The van der Waals surface area contributed by atoms with E-state index in [0.29, 0.717) is 23.8 Å². The quantitative estimate of drug-likeness (QED) is 0.793. The minimum atomic E-state index is 0.445. The van der Waals surface area contributed by atoms with Gasteiger partial charge in [0.05, 0.1) is 0 Å². The van der Waals surface area contributed by atoms with Crippen molar-refractivity contribution in [2.24, 2.45) is 5.92 Å². The fourth-order valence-electron chi connectivity index (χ4n) is 2.08. The number of hydrogen-bond acceptors (Lipinski definition) is 5. The third kappa shape index (κ3) is 2.47. The summed E-state index contributed by atoms with van der Waals surface area (Å²) in [7, 11) is 2.16. The Bertz CT molecular complexity index is 325. The van der Waals surface area contributed by atoms with Crippen molar-refractivity contribution >= 4 is 6.01 Å². The monoisotopic (exact) mass is 210 g/mol. The molecule has 2 atom stereocenters. The first-order valence-corrected chi connectivity index (χ1v) is 5.40. The molecule has 1 aromatic heterocycles. The Kier molecular flexibility index (Phi) is 2.90. The number of piperidine rings is 1. The standard InChI is InChI=1S/C10H18N4O/c1-7-6-14(3)5-4-9(7)12-10-11-8(2)13-15-10/h7,9H,4-6H2,1-3H3,(H,11,12,13). The number of hydrogen-bond donors (Lipinski definition) is 1. The molecule has 0 amide bonds. The molecule has 15 heavy (non-hydrogen) atoms. The average molecular weight is 210 g/mol. The summed E-state index contributed by atoms with van der Waals surface area (Å²) in [4.78, 5) is 6.50. The predicted octanol–water partition coefficient (Wildman–Crippen LogP) is 1.13. The summed E-state index contributed by atoms with van der Waals surface area (Å²) in [5, 5.41) is 7.07. The van der Waals surface area contributed by atoms with Gasteiger partial charge < -0.3 is 14.7 Å². The van der Waals surface area contributed by atoms with E-state index in [0.717, 1.165) is 19.5 Å². The van der Waals surface area contributed by atoms with Crippen LogP contribution in [0.5, 0.6) is 0 Å². The maximum atomic E-state index is 5.06. The fourth-order valence-corrected chi connectivity index (χ4v) is 2.08. The van der Waals surface area contributed by atoms with Gasteiger partial charge in [0, 0.05) is 12.6 Å².